The van der Waals surface area contributed by atoms with E-state index in [4.69, 9.17) is 0 Å². The molecule has 1 fully saturated rings. The number of likely N-dealkylation sites (tertiary alicyclic amines) is 1. The number of nitrogens with zero attached hydrogens (tertiary/aromatic N) is 3. The first-order valence-corrected chi connectivity index (χ1v) is 8.92. The van der Waals surface area contributed by atoms with Crippen LogP contribution in [0.3, 0.4) is 0 Å². The molecule has 25 heavy (non-hydrogen) atoms. The first-order chi connectivity index (χ1) is 11.9. The minimum absolute atomic E-state index is 0.00149. The molecule has 1 saturated heterocycles. The number of piperidine rings is 1. The highest BCUT2D eigenvalue weighted by Gasteiger charge is 2.23. The monoisotopic (exact) mass is 338 g/mol. The van der Waals surface area contributed by atoms with Crippen LogP contribution in [0.2, 0.25) is 0 Å². The van der Waals surface area contributed by atoms with Crippen LogP contribution in [0, 0.1) is 26.7 Å². The van der Waals surface area contributed by atoms with Gasteiger partial charge in [0.2, 0.25) is 0 Å². The fourth-order valence-corrected chi connectivity index (χ4v) is 3.42. The second-order valence-corrected chi connectivity index (χ2v) is 7.08. The molecule has 3 rings (SSSR count). The normalized spacial score (nSPS) is 17.4. The fraction of sp³-hybridized carbons (Fsp3) is 0.450. The molecule has 0 radical (unpaired) electrons. The van der Waals surface area contributed by atoms with E-state index in [0.29, 0.717) is 23.3 Å². The van der Waals surface area contributed by atoms with Crippen LogP contribution in [0.15, 0.2) is 24.3 Å². The van der Waals surface area contributed by atoms with Crippen molar-refractivity contribution in [3.05, 3.63) is 46.9 Å². The summed E-state index contributed by atoms with van der Waals surface area (Å²) in [6, 6.07) is 7.92. The van der Waals surface area contributed by atoms with E-state index in [9.17, 15) is 4.79 Å². The maximum Gasteiger partial charge on any atom is 0.272 e. The van der Waals surface area contributed by atoms with E-state index in [1.165, 1.54) is 6.42 Å². The summed E-state index contributed by atoms with van der Waals surface area (Å²) < 4.78 is 0. The Morgan fingerprint density at radius 1 is 1.20 bits per heavy atom. The molecule has 5 nitrogen and oxygen atoms in total. The molecular weight excluding hydrogens is 312 g/mol. The molecule has 1 N–H and O–H groups in total. The number of anilines is 2. The molecule has 132 valence electrons. The highest BCUT2D eigenvalue weighted by molar-refractivity contribution is 5.93. The molecule has 5 heteroatoms. The number of hydrogen-bond acceptors (Lipinski definition) is 4. The number of para-hydroxylation sites is 1. The first-order valence-electron chi connectivity index (χ1n) is 8.92. The summed E-state index contributed by atoms with van der Waals surface area (Å²) in [5.74, 6) is 1.82. The molecule has 0 bridgehead atoms. The number of benzene rings is 1. The van der Waals surface area contributed by atoms with Crippen LogP contribution in [0.1, 0.15) is 47.2 Å². The van der Waals surface area contributed by atoms with E-state index in [1.807, 2.05) is 17.9 Å². The number of carbonyl (C=O) groups excluding carboxylic acids is 1. The van der Waals surface area contributed by atoms with Crippen LogP contribution in [0.25, 0.3) is 0 Å². The molecule has 0 aliphatic carbocycles. The van der Waals surface area contributed by atoms with Gasteiger partial charge in [0.1, 0.15) is 17.3 Å². The van der Waals surface area contributed by atoms with Crippen LogP contribution in [-0.2, 0) is 0 Å². The van der Waals surface area contributed by atoms with E-state index >= 15 is 0 Å². The average molecular weight is 338 g/mol. The molecule has 2 heterocycles. The maximum atomic E-state index is 12.8. The van der Waals surface area contributed by atoms with Crippen molar-refractivity contribution in [2.24, 2.45) is 5.92 Å². The number of amides is 1. The Kier molecular flexibility index (Phi) is 5.02. The molecule has 1 atom stereocenters. The zero-order valence-corrected chi connectivity index (χ0v) is 15.5. The predicted molar refractivity (Wildman–Crippen MR) is 100 cm³/mol. The van der Waals surface area contributed by atoms with Crippen molar-refractivity contribution in [3.8, 4) is 0 Å². The number of rotatable bonds is 3. The summed E-state index contributed by atoms with van der Waals surface area (Å²) in [6.07, 6.45) is 2.25. The van der Waals surface area contributed by atoms with E-state index in [1.54, 1.807) is 6.07 Å². The predicted octanol–water partition coefficient (Wildman–Crippen LogP) is 4.02. The van der Waals surface area contributed by atoms with Gasteiger partial charge in [-0.1, -0.05) is 25.1 Å². The van der Waals surface area contributed by atoms with Gasteiger partial charge in [-0.25, -0.2) is 9.97 Å². The van der Waals surface area contributed by atoms with Gasteiger partial charge in [0, 0.05) is 24.8 Å². The summed E-state index contributed by atoms with van der Waals surface area (Å²) in [6.45, 7) is 9.76. The van der Waals surface area contributed by atoms with Gasteiger partial charge in [0.25, 0.3) is 5.91 Å². The van der Waals surface area contributed by atoms with Gasteiger partial charge in [0.05, 0.1) is 0 Å². The van der Waals surface area contributed by atoms with E-state index in [2.05, 4.69) is 48.2 Å². The smallest absolute Gasteiger partial charge is 0.272 e. The van der Waals surface area contributed by atoms with Crippen LogP contribution in [-0.4, -0.2) is 33.9 Å². The Bertz CT molecular complexity index is 767. The molecule has 1 aromatic heterocycles. The Hall–Kier alpha value is -2.43. The van der Waals surface area contributed by atoms with E-state index < -0.39 is 0 Å². The number of hydrogen-bond donors (Lipinski definition) is 1. The lowest BCUT2D eigenvalue weighted by molar-refractivity contribution is 0.0676. The Balaban J connectivity index is 1.86. The molecule has 1 aliphatic rings. The van der Waals surface area contributed by atoms with Gasteiger partial charge in [-0.3, -0.25) is 4.79 Å². The first kappa shape index (κ1) is 17.4. The SMILES string of the molecule is Cc1nc(Nc2c(C)cccc2C)cc(C(=O)N2CCCC(C)C2)n1. The minimum Gasteiger partial charge on any atom is -0.340 e. The quantitative estimate of drug-likeness (QED) is 0.918. The highest BCUT2D eigenvalue weighted by Crippen LogP contribution is 2.24. The van der Waals surface area contributed by atoms with Gasteiger partial charge in [0.15, 0.2) is 0 Å². The third-order valence-corrected chi connectivity index (χ3v) is 4.74. The zero-order valence-electron chi connectivity index (χ0n) is 15.5. The largest absolute Gasteiger partial charge is 0.340 e. The van der Waals surface area contributed by atoms with Gasteiger partial charge < -0.3 is 10.2 Å². The summed E-state index contributed by atoms with van der Waals surface area (Å²) in [5.41, 5.74) is 3.80. The van der Waals surface area contributed by atoms with Crippen molar-refractivity contribution in [1.82, 2.24) is 14.9 Å². The molecular formula is C20H26N4O. The standard InChI is InChI=1S/C20H26N4O/c1-13-7-6-10-24(12-13)20(25)17-11-18(22-16(4)21-17)23-19-14(2)8-5-9-15(19)3/h5,8-9,11,13H,6-7,10,12H2,1-4H3,(H,21,22,23). The third-order valence-electron chi connectivity index (χ3n) is 4.74. The number of aromatic nitrogens is 2. The average Bonchev–Trinajstić information content (AvgIpc) is 2.57. The van der Waals surface area contributed by atoms with Crippen LogP contribution in [0.5, 0.6) is 0 Å². The lowest BCUT2D eigenvalue weighted by Gasteiger charge is -2.30. The number of aryl methyl sites for hydroxylation is 3. The van der Waals surface area contributed by atoms with Crippen molar-refractivity contribution in [3.63, 3.8) is 0 Å². The molecule has 0 spiro atoms. The molecule has 2 aromatic rings. The molecule has 0 saturated carbocycles. The molecule has 1 unspecified atom stereocenters. The molecule has 1 aliphatic heterocycles. The zero-order chi connectivity index (χ0) is 18.0. The minimum atomic E-state index is 0.00149. The lowest BCUT2D eigenvalue weighted by atomic mass is 10.00. The van der Waals surface area contributed by atoms with E-state index in [-0.39, 0.29) is 5.91 Å². The Morgan fingerprint density at radius 2 is 1.92 bits per heavy atom. The fourth-order valence-electron chi connectivity index (χ4n) is 3.42. The summed E-state index contributed by atoms with van der Waals surface area (Å²) in [5, 5.41) is 3.37. The summed E-state index contributed by atoms with van der Waals surface area (Å²) >= 11 is 0. The summed E-state index contributed by atoms with van der Waals surface area (Å²) in [7, 11) is 0. The van der Waals surface area contributed by atoms with Crippen molar-refractivity contribution in [2.45, 2.75) is 40.5 Å². The molecule has 1 aromatic carbocycles. The van der Waals surface area contributed by atoms with Gasteiger partial charge in [-0.05, 0) is 50.7 Å². The lowest BCUT2D eigenvalue weighted by Crippen LogP contribution is -2.39. The van der Waals surface area contributed by atoms with Gasteiger partial charge in [-0.2, -0.15) is 0 Å². The van der Waals surface area contributed by atoms with Crippen LogP contribution < -0.4 is 5.32 Å². The van der Waals surface area contributed by atoms with Crippen LogP contribution >= 0.6 is 0 Å². The van der Waals surface area contributed by atoms with Crippen molar-refractivity contribution in [1.29, 1.82) is 0 Å². The van der Waals surface area contributed by atoms with Crippen molar-refractivity contribution in [2.75, 3.05) is 18.4 Å². The van der Waals surface area contributed by atoms with Gasteiger partial charge >= 0.3 is 0 Å². The highest BCUT2D eigenvalue weighted by atomic mass is 16.2. The second-order valence-electron chi connectivity index (χ2n) is 7.08. The second kappa shape index (κ2) is 7.21. The topological polar surface area (TPSA) is 58.1 Å². The Morgan fingerprint density at radius 3 is 2.60 bits per heavy atom. The molecule has 1 amide bonds. The Labute approximate surface area is 149 Å². The van der Waals surface area contributed by atoms with Crippen LogP contribution in [0.4, 0.5) is 11.5 Å². The van der Waals surface area contributed by atoms with E-state index in [0.717, 1.165) is 36.3 Å². The van der Waals surface area contributed by atoms with Crippen molar-refractivity contribution < 1.29 is 4.79 Å². The maximum absolute atomic E-state index is 12.8. The third kappa shape index (κ3) is 3.98. The summed E-state index contributed by atoms with van der Waals surface area (Å²) in [4.78, 5) is 23.6. The van der Waals surface area contributed by atoms with Gasteiger partial charge in [-0.15, -0.1) is 0 Å². The number of carbonyl (C=O) groups is 1. The van der Waals surface area contributed by atoms with Crippen molar-refractivity contribution >= 4 is 17.4 Å². The number of nitrogens with one attached hydrogen (secondary N) is 1.